The van der Waals surface area contributed by atoms with E-state index in [9.17, 15) is 9.18 Å². The topological polar surface area (TPSA) is 59.2 Å². The van der Waals surface area contributed by atoms with Crippen molar-refractivity contribution in [3.05, 3.63) is 44.1 Å². The average molecular weight is 358 g/mol. The van der Waals surface area contributed by atoms with Gasteiger partial charge in [-0.05, 0) is 19.1 Å². The molecule has 4 nitrogen and oxygen atoms in total. The zero-order valence-corrected chi connectivity index (χ0v) is 13.4. The van der Waals surface area contributed by atoms with E-state index in [0.717, 1.165) is 10.7 Å². The maximum Gasteiger partial charge on any atom is 0.253 e. The molecule has 2 aromatic rings. The van der Waals surface area contributed by atoms with Crippen LogP contribution in [0.25, 0.3) is 0 Å². The first-order chi connectivity index (χ1) is 9.38. The minimum Gasteiger partial charge on any atom is -0.367 e. The van der Waals surface area contributed by atoms with E-state index in [1.54, 1.807) is 18.0 Å². The van der Waals surface area contributed by atoms with Crippen LogP contribution in [0.1, 0.15) is 21.1 Å². The van der Waals surface area contributed by atoms with Crippen molar-refractivity contribution in [3.63, 3.8) is 0 Å². The van der Waals surface area contributed by atoms with Crippen LogP contribution in [0.15, 0.2) is 22.0 Å². The molecule has 0 saturated heterocycles. The number of hydrogen-bond acceptors (Lipinski definition) is 4. The van der Waals surface area contributed by atoms with Crippen molar-refractivity contribution in [2.24, 2.45) is 5.73 Å². The Labute approximate surface area is 128 Å². The van der Waals surface area contributed by atoms with Crippen LogP contribution in [0.3, 0.4) is 0 Å². The molecule has 2 N–H and O–H groups in total. The number of thiazole rings is 1. The lowest BCUT2D eigenvalue weighted by Crippen LogP contribution is -2.23. The van der Waals surface area contributed by atoms with E-state index in [4.69, 9.17) is 5.73 Å². The van der Waals surface area contributed by atoms with Gasteiger partial charge >= 0.3 is 0 Å². The Balaban J connectivity index is 2.38. The number of halogens is 2. The summed E-state index contributed by atoms with van der Waals surface area (Å²) in [6.45, 7) is 2.39. The van der Waals surface area contributed by atoms with Crippen molar-refractivity contribution < 1.29 is 9.18 Å². The number of aromatic nitrogens is 1. The average Bonchev–Trinajstić information content (AvgIpc) is 2.72. The van der Waals surface area contributed by atoms with Gasteiger partial charge in [0.2, 0.25) is 0 Å². The lowest BCUT2D eigenvalue weighted by atomic mass is 10.1. The number of anilines is 1. The maximum absolute atomic E-state index is 13.9. The number of nitrogens with two attached hydrogens (primary N) is 1. The molecule has 7 heteroatoms. The number of hydrogen-bond donors (Lipinski definition) is 1. The molecule has 0 aliphatic heterocycles. The van der Waals surface area contributed by atoms with Crippen molar-refractivity contribution in [3.8, 4) is 0 Å². The van der Waals surface area contributed by atoms with Crippen molar-refractivity contribution in [2.75, 3.05) is 11.9 Å². The molecule has 0 fully saturated rings. The van der Waals surface area contributed by atoms with Crippen LogP contribution in [-0.2, 0) is 6.54 Å². The zero-order chi connectivity index (χ0) is 14.9. The standard InChI is InChI=1S/C13H13BrFN3OS/c1-7-6-20-11(17-7)5-18(2)10-4-8(14)3-9(15)12(10)13(16)19/h3-4,6H,5H2,1-2H3,(H2,16,19). The van der Waals surface area contributed by atoms with Gasteiger partial charge in [-0.2, -0.15) is 0 Å². The summed E-state index contributed by atoms with van der Waals surface area (Å²) < 4.78 is 14.4. The first-order valence-electron chi connectivity index (χ1n) is 5.79. The third-order valence-corrected chi connectivity index (χ3v) is 4.14. The van der Waals surface area contributed by atoms with Crippen LogP contribution in [-0.4, -0.2) is 17.9 Å². The van der Waals surface area contributed by atoms with Gasteiger partial charge in [-0.25, -0.2) is 9.37 Å². The molecule has 1 aromatic heterocycles. The van der Waals surface area contributed by atoms with Gasteiger partial charge in [0.05, 0.1) is 17.8 Å². The SMILES string of the molecule is Cc1csc(CN(C)c2cc(Br)cc(F)c2C(N)=O)n1. The van der Waals surface area contributed by atoms with Crippen LogP contribution in [0.4, 0.5) is 10.1 Å². The summed E-state index contributed by atoms with van der Waals surface area (Å²) in [6, 6.07) is 2.90. The van der Waals surface area contributed by atoms with Gasteiger partial charge in [-0.1, -0.05) is 15.9 Å². The molecule has 0 bridgehead atoms. The summed E-state index contributed by atoms with van der Waals surface area (Å²) in [6.07, 6.45) is 0. The fourth-order valence-corrected chi connectivity index (χ4v) is 3.11. The maximum atomic E-state index is 13.9. The molecule has 0 radical (unpaired) electrons. The van der Waals surface area contributed by atoms with Crippen LogP contribution in [0.2, 0.25) is 0 Å². The van der Waals surface area contributed by atoms with E-state index in [1.165, 1.54) is 17.4 Å². The van der Waals surface area contributed by atoms with E-state index >= 15 is 0 Å². The van der Waals surface area contributed by atoms with E-state index in [1.807, 2.05) is 12.3 Å². The second kappa shape index (κ2) is 5.88. The zero-order valence-electron chi connectivity index (χ0n) is 11.0. The Morgan fingerprint density at radius 1 is 1.55 bits per heavy atom. The largest absolute Gasteiger partial charge is 0.367 e. The Morgan fingerprint density at radius 3 is 2.80 bits per heavy atom. The van der Waals surface area contributed by atoms with Gasteiger partial charge in [0.25, 0.3) is 5.91 Å². The van der Waals surface area contributed by atoms with Gasteiger partial charge in [0.15, 0.2) is 0 Å². The number of carbonyl (C=O) groups excluding carboxylic acids is 1. The molecule has 1 aromatic carbocycles. The predicted molar refractivity (Wildman–Crippen MR) is 81.6 cm³/mol. The smallest absolute Gasteiger partial charge is 0.253 e. The molecule has 0 spiro atoms. The Bertz CT molecular complexity index is 659. The van der Waals surface area contributed by atoms with Crippen molar-refractivity contribution in [1.82, 2.24) is 4.98 Å². The van der Waals surface area contributed by atoms with Crippen molar-refractivity contribution >= 4 is 38.9 Å². The number of aryl methyl sites for hydroxylation is 1. The Morgan fingerprint density at radius 2 is 2.25 bits per heavy atom. The van der Waals surface area contributed by atoms with E-state index in [-0.39, 0.29) is 5.56 Å². The first-order valence-corrected chi connectivity index (χ1v) is 7.46. The monoisotopic (exact) mass is 357 g/mol. The number of nitrogens with zero attached hydrogens (tertiary/aromatic N) is 2. The quantitative estimate of drug-likeness (QED) is 0.914. The summed E-state index contributed by atoms with van der Waals surface area (Å²) in [7, 11) is 1.77. The molecule has 20 heavy (non-hydrogen) atoms. The highest BCUT2D eigenvalue weighted by Gasteiger charge is 2.19. The van der Waals surface area contributed by atoms with Gasteiger partial charge in [0.1, 0.15) is 10.8 Å². The minimum atomic E-state index is -0.785. The van der Waals surface area contributed by atoms with E-state index in [0.29, 0.717) is 16.7 Å². The molecule has 0 aliphatic carbocycles. The lowest BCUT2D eigenvalue weighted by molar-refractivity contribution is 0.0997. The number of primary amides is 1. The second-order valence-electron chi connectivity index (χ2n) is 4.38. The predicted octanol–water partition coefficient (Wildman–Crippen LogP) is 3.09. The number of amides is 1. The highest BCUT2D eigenvalue weighted by atomic mass is 79.9. The van der Waals surface area contributed by atoms with E-state index < -0.39 is 11.7 Å². The van der Waals surface area contributed by atoms with Crippen LogP contribution in [0.5, 0.6) is 0 Å². The summed E-state index contributed by atoms with van der Waals surface area (Å²) in [4.78, 5) is 17.5. The molecule has 1 amide bonds. The molecular weight excluding hydrogens is 345 g/mol. The van der Waals surface area contributed by atoms with Crippen LogP contribution < -0.4 is 10.6 Å². The highest BCUT2D eigenvalue weighted by Crippen LogP contribution is 2.28. The summed E-state index contributed by atoms with van der Waals surface area (Å²) in [5.74, 6) is -1.42. The van der Waals surface area contributed by atoms with Crippen LogP contribution >= 0.6 is 27.3 Å². The van der Waals surface area contributed by atoms with Crippen molar-refractivity contribution in [2.45, 2.75) is 13.5 Å². The fourth-order valence-electron chi connectivity index (χ4n) is 1.87. The first kappa shape index (κ1) is 14.9. The highest BCUT2D eigenvalue weighted by molar-refractivity contribution is 9.10. The van der Waals surface area contributed by atoms with E-state index in [2.05, 4.69) is 20.9 Å². The molecule has 106 valence electrons. The molecule has 2 rings (SSSR count). The Kier molecular flexibility index (Phi) is 4.39. The molecule has 1 heterocycles. The van der Waals surface area contributed by atoms with Gasteiger partial charge < -0.3 is 10.6 Å². The minimum absolute atomic E-state index is 0.107. The van der Waals surface area contributed by atoms with Gasteiger partial charge in [-0.3, -0.25) is 4.79 Å². The number of benzene rings is 1. The molecule has 0 saturated carbocycles. The molecule has 0 aliphatic rings. The molecule has 0 unspecified atom stereocenters. The number of carbonyl (C=O) groups is 1. The van der Waals surface area contributed by atoms with Crippen LogP contribution in [0, 0.1) is 12.7 Å². The third kappa shape index (κ3) is 3.16. The fraction of sp³-hybridized carbons (Fsp3) is 0.231. The Hall–Kier alpha value is -1.47. The number of rotatable bonds is 4. The molecule has 0 atom stereocenters. The summed E-state index contributed by atoms with van der Waals surface area (Å²) in [5, 5.41) is 2.83. The normalized spacial score (nSPS) is 10.6. The third-order valence-electron chi connectivity index (χ3n) is 2.73. The second-order valence-corrected chi connectivity index (χ2v) is 6.24. The van der Waals surface area contributed by atoms with Crippen molar-refractivity contribution in [1.29, 1.82) is 0 Å². The molecular formula is C13H13BrFN3OS. The lowest BCUT2D eigenvalue weighted by Gasteiger charge is -2.21. The summed E-state index contributed by atoms with van der Waals surface area (Å²) >= 11 is 4.74. The summed E-state index contributed by atoms with van der Waals surface area (Å²) in [5.41, 5.74) is 6.54. The van der Waals surface area contributed by atoms with Gasteiger partial charge in [0, 0.05) is 22.6 Å². The van der Waals surface area contributed by atoms with Gasteiger partial charge in [-0.15, -0.1) is 11.3 Å².